The molecule has 5 rings (SSSR count). The number of carbonyl (C=O) groups excluding carboxylic acids is 1. The molecule has 0 saturated carbocycles. The van der Waals surface area contributed by atoms with E-state index in [2.05, 4.69) is 15.1 Å². The first-order valence-corrected chi connectivity index (χ1v) is 11.2. The van der Waals surface area contributed by atoms with E-state index >= 15 is 0 Å². The summed E-state index contributed by atoms with van der Waals surface area (Å²) in [5, 5.41) is 4.94. The number of amides is 1. The first-order valence-electron chi connectivity index (χ1n) is 10.8. The van der Waals surface area contributed by atoms with Crippen LogP contribution in [0.1, 0.15) is 40.5 Å². The zero-order chi connectivity index (χ0) is 22.8. The van der Waals surface area contributed by atoms with Crippen LogP contribution in [0.25, 0.3) is 11.1 Å². The number of nitrogen functional groups attached to an aromatic ring is 1. The molecule has 1 aliphatic rings. The molecule has 0 aliphatic carbocycles. The number of carbonyl (C=O) groups is 1. The summed E-state index contributed by atoms with van der Waals surface area (Å²) < 4.78 is 1.82. The number of halogens is 1. The fraction of sp³-hybridized carbons (Fsp3) is 0.200. The summed E-state index contributed by atoms with van der Waals surface area (Å²) in [6, 6.07) is 16.9. The van der Waals surface area contributed by atoms with Gasteiger partial charge in [-0.2, -0.15) is 5.10 Å². The minimum atomic E-state index is -0.189. The van der Waals surface area contributed by atoms with Crippen molar-refractivity contribution >= 4 is 23.5 Å². The van der Waals surface area contributed by atoms with Gasteiger partial charge in [-0.05, 0) is 48.2 Å². The van der Waals surface area contributed by atoms with Crippen molar-refractivity contribution in [3.63, 3.8) is 0 Å². The Balaban J connectivity index is 1.50. The normalized spacial score (nSPS) is 15.7. The zero-order valence-corrected chi connectivity index (χ0v) is 18.7. The van der Waals surface area contributed by atoms with E-state index in [1.807, 2.05) is 70.4 Å². The third-order valence-corrected chi connectivity index (χ3v) is 6.21. The van der Waals surface area contributed by atoms with Crippen LogP contribution in [0, 0.1) is 0 Å². The van der Waals surface area contributed by atoms with Crippen LogP contribution in [-0.4, -0.2) is 37.1 Å². The van der Waals surface area contributed by atoms with E-state index < -0.39 is 0 Å². The van der Waals surface area contributed by atoms with Gasteiger partial charge in [0.1, 0.15) is 0 Å². The first kappa shape index (κ1) is 21.2. The highest BCUT2D eigenvalue weighted by Gasteiger charge is 2.34. The van der Waals surface area contributed by atoms with Crippen LogP contribution in [0.2, 0.25) is 5.02 Å². The predicted molar refractivity (Wildman–Crippen MR) is 128 cm³/mol. The lowest BCUT2D eigenvalue weighted by atomic mass is 9.99. The van der Waals surface area contributed by atoms with Crippen LogP contribution in [0.5, 0.6) is 0 Å². The van der Waals surface area contributed by atoms with Crippen molar-refractivity contribution in [1.82, 2.24) is 24.6 Å². The maximum absolute atomic E-state index is 13.8. The number of anilines is 1. The van der Waals surface area contributed by atoms with E-state index in [1.165, 1.54) is 0 Å². The molecule has 1 saturated heterocycles. The minimum Gasteiger partial charge on any atom is -0.368 e. The van der Waals surface area contributed by atoms with E-state index in [0.29, 0.717) is 23.7 Å². The molecule has 0 radical (unpaired) electrons. The van der Waals surface area contributed by atoms with Gasteiger partial charge in [0.25, 0.3) is 5.91 Å². The predicted octanol–water partition coefficient (Wildman–Crippen LogP) is 4.60. The second kappa shape index (κ2) is 9.03. The molecule has 8 heteroatoms. The van der Waals surface area contributed by atoms with Crippen LogP contribution in [0.4, 0.5) is 5.95 Å². The van der Waals surface area contributed by atoms with Crippen molar-refractivity contribution in [3.05, 3.63) is 95.0 Å². The number of hydrogen-bond donors (Lipinski definition) is 1. The number of nitrogens with two attached hydrogens (primary N) is 1. The summed E-state index contributed by atoms with van der Waals surface area (Å²) in [4.78, 5) is 24.5. The molecule has 1 aliphatic heterocycles. The van der Waals surface area contributed by atoms with Gasteiger partial charge in [0.05, 0.1) is 18.3 Å². The Kier molecular flexibility index (Phi) is 5.79. The van der Waals surface area contributed by atoms with Crippen molar-refractivity contribution in [2.24, 2.45) is 0 Å². The van der Waals surface area contributed by atoms with Crippen molar-refractivity contribution < 1.29 is 4.79 Å². The molecule has 3 heterocycles. The molecule has 1 unspecified atom stereocenters. The quantitative estimate of drug-likeness (QED) is 0.472. The van der Waals surface area contributed by atoms with Crippen LogP contribution >= 0.6 is 11.6 Å². The Labute approximate surface area is 196 Å². The lowest BCUT2D eigenvalue weighted by Gasteiger charge is -2.27. The molecular weight excluding hydrogens is 436 g/mol. The maximum atomic E-state index is 13.8. The summed E-state index contributed by atoms with van der Waals surface area (Å²) in [5.41, 5.74) is 10.1. The van der Waals surface area contributed by atoms with Crippen LogP contribution in [0.3, 0.4) is 0 Å². The Morgan fingerprint density at radius 1 is 1.12 bits per heavy atom. The Bertz CT molecular complexity index is 1270. The molecule has 166 valence electrons. The molecule has 4 aromatic rings. The summed E-state index contributed by atoms with van der Waals surface area (Å²) in [6.45, 7) is 1.19. The van der Waals surface area contributed by atoms with E-state index in [4.69, 9.17) is 17.3 Å². The molecule has 33 heavy (non-hydrogen) atoms. The van der Waals surface area contributed by atoms with Crippen molar-refractivity contribution in [2.45, 2.75) is 25.4 Å². The Hall–Kier alpha value is -3.71. The molecule has 1 amide bonds. The third kappa shape index (κ3) is 4.32. The van der Waals surface area contributed by atoms with Gasteiger partial charge in [-0.3, -0.25) is 9.48 Å². The first-order chi connectivity index (χ1) is 16.1. The van der Waals surface area contributed by atoms with E-state index in [0.717, 1.165) is 35.2 Å². The Morgan fingerprint density at radius 2 is 1.94 bits per heavy atom. The van der Waals surface area contributed by atoms with Gasteiger partial charge in [0.2, 0.25) is 5.95 Å². The number of nitrogens with zero attached hydrogens (tertiary/aromatic N) is 5. The summed E-state index contributed by atoms with van der Waals surface area (Å²) >= 11 is 6.08. The molecule has 1 fully saturated rings. The highest BCUT2D eigenvalue weighted by atomic mass is 35.5. The molecule has 1 atom stereocenters. The number of likely N-dealkylation sites (tertiary alicyclic amines) is 1. The zero-order valence-electron chi connectivity index (χ0n) is 17.9. The van der Waals surface area contributed by atoms with Crippen LogP contribution in [0.15, 0.2) is 73.2 Å². The highest BCUT2D eigenvalue weighted by molar-refractivity contribution is 6.30. The van der Waals surface area contributed by atoms with Crippen LogP contribution in [-0.2, 0) is 6.54 Å². The molecule has 0 bridgehead atoms. The average Bonchev–Trinajstić information content (AvgIpc) is 3.52. The molecule has 0 spiro atoms. The van der Waals surface area contributed by atoms with Gasteiger partial charge >= 0.3 is 0 Å². The topological polar surface area (TPSA) is 89.9 Å². The number of benzene rings is 2. The van der Waals surface area contributed by atoms with Gasteiger partial charge in [-0.25, -0.2) is 9.97 Å². The molecular formula is C25H23ClN6O. The second-order valence-electron chi connectivity index (χ2n) is 8.05. The number of rotatable bonds is 5. The standard InChI is InChI=1S/C25H23ClN6O/c26-19-10-8-17(9-11-19)21-15-28-25(27)30-23(21)22-7-3-14-32(22)24(33)20-6-2-1-5-18(20)16-31-13-4-12-29-31/h1-2,4-6,8-13,15,22H,3,7,14,16H2,(H2,27,28,30). The number of aromatic nitrogens is 4. The lowest BCUT2D eigenvalue weighted by molar-refractivity contribution is 0.0732. The van der Waals surface area contributed by atoms with Crippen molar-refractivity contribution in [2.75, 3.05) is 12.3 Å². The fourth-order valence-corrected chi connectivity index (χ4v) is 4.53. The monoisotopic (exact) mass is 458 g/mol. The van der Waals surface area contributed by atoms with Gasteiger partial charge in [0.15, 0.2) is 0 Å². The van der Waals surface area contributed by atoms with Crippen molar-refractivity contribution in [3.8, 4) is 11.1 Å². The number of hydrogen-bond acceptors (Lipinski definition) is 5. The maximum Gasteiger partial charge on any atom is 0.254 e. The summed E-state index contributed by atoms with van der Waals surface area (Å²) in [7, 11) is 0. The molecule has 2 aromatic carbocycles. The molecule has 7 nitrogen and oxygen atoms in total. The van der Waals surface area contributed by atoms with E-state index in [9.17, 15) is 4.79 Å². The van der Waals surface area contributed by atoms with Gasteiger partial charge in [-0.1, -0.05) is 41.9 Å². The third-order valence-electron chi connectivity index (χ3n) is 5.96. The van der Waals surface area contributed by atoms with E-state index in [1.54, 1.807) is 12.4 Å². The van der Waals surface area contributed by atoms with Crippen LogP contribution < -0.4 is 5.73 Å². The molecule has 2 N–H and O–H groups in total. The second-order valence-corrected chi connectivity index (χ2v) is 8.49. The smallest absolute Gasteiger partial charge is 0.254 e. The SMILES string of the molecule is Nc1ncc(-c2ccc(Cl)cc2)c(C2CCCN2C(=O)c2ccccc2Cn2cccn2)n1. The molecule has 2 aromatic heterocycles. The Morgan fingerprint density at radius 3 is 2.73 bits per heavy atom. The van der Waals surface area contributed by atoms with Crippen molar-refractivity contribution in [1.29, 1.82) is 0 Å². The largest absolute Gasteiger partial charge is 0.368 e. The lowest BCUT2D eigenvalue weighted by Crippen LogP contribution is -2.32. The average molecular weight is 459 g/mol. The fourth-order valence-electron chi connectivity index (χ4n) is 4.40. The highest BCUT2D eigenvalue weighted by Crippen LogP contribution is 2.38. The minimum absolute atomic E-state index is 0.0144. The van der Waals surface area contributed by atoms with Gasteiger partial charge < -0.3 is 10.6 Å². The summed E-state index contributed by atoms with van der Waals surface area (Å²) in [6.07, 6.45) is 7.06. The summed E-state index contributed by atoms with van der Waals surface area (Å²) in [5.74, 6) is 0.181. The van der Waals surface area contributed by atoms with E-state index in [-0.39, 0.29) is 17.9 Å². The van der Waals surface area contributed by atoms with Gasteiger partial charge in [0, 0.05) is 41.3 Å². The van der Waals surface area contributed by atoms with Gasteiger partial charge in [-0.15, -0.1) is 0 Å².